The molecule has 3 aliphatic rings. The highest BCUT2D eigenvalue weighted by atomic mass is 35.5. The fourth-order valence-corrected chi connectivity index (χ4v) is 7.99. The number of likely N-dealkylation sites (tertiary alicyclic amines) is 2. The number of aliphatic carboxylic acids is 1. The maximum Gasteiger partial charge on any atom is 0.430 e. The average molecular weight is 713 g/mol. The summed E-state index contributed by atoms with van der Waals surface area (Å²) in [5.74, 6) is -4.87. The number of fused-ring (bicyclic) bond motifs is 2. The molecule has 0 aromatic heterocycles. The van der Waals surface area contributed by atoms with Crippen molar-refractivity contribution in [1.82, 2.24) is 15.1 Å². The summed E-state index contributed by atoms with van der Waals surface area (Å²) in [7, 11) is 0. The number of carbonyl (C=O) groups is 3. The van der Waals surface area contributed by atoms with Crippen molar-refractivity contribution in [1.29, 1.82) is 0 Å². The molecule has 2 aromatic rings. The zero-order valence-electron chi connectivity index (χ0n) is 28.9. The lowest BCUT2D eigenvalue weighted by atomic mass is 9.71. The van der Waals surface area contributed by atoms with Crippen molar-refractivity contribution in [3.63, 3.8) is 0 Å². The Morgan fingerprint density at radius 3 is 2.06 bits per heavy atom. The second-order valence-corrected chi connectivity index (χ2v) is 15.6. The number of rotatable bonds is 4. The number of alkyl halides is 3. The van der Waals surface area contributed by atoms with Crippen LogP contribution in [0.3, 0.4) is 0 Å². The second-order valence-electron chi connectivity index (χ2n) is 15.2. The molecule has 0 bridgehead atoms. The minimum Gasteiger partial charge on any atom is -0.542 e. The van der Waals surface area contributed by atoms with Gasteiger partial charge in [0.05, 0.1) is 5.92 Å². The third-order valence-corrected chi connectivity index (χ3v) is 10.9. The predicted molar refractivity (Wildman–Crippen MR) is 174 cm³/mol. The highest BCUT2D eigenvalue weighted by Crippen LogP contribution is 2.56. The quantitative estimate of drug-likeness (QED) is 0.393. The number of carboxylic acid groups (broad SMARTS) is 1. The standard InChI is InChI=1S/C34H44ClF2N3O2.C2HF3O2/c1-20-14-27-24(16-29(20)35)28(33(6,7)38-21(2)41)17-34(27)10-12-39(13-11-34)31(42)26-19-40(32(3,4)5)18-25(26)23-9-8-22(36)15-30(23)37;3-2(4,5)1(6)7/h8-9,14-16,25-26,28H,10-13,17-19H2,1-7H3,(H,38,41);(H,6,7)/p-1/t25-,26?,28+;/m0./s1. The molecule has 1 aliphatic carbocycles. The van der Waals surface area contributed by atoms with E-state index in [1.165, 1.54) is 23.3 Å². The van der Waals surface area contributed by atoms with Gasteiger partial charge in [-0.1, -0.05) is 23.7 Å². The Balaban J connectivity index is 0.000000698. The van der Waals surface area contributed by atoms with E-state index in [0.29, 0.717) is 31.7 Å². The van der Waals surface area contributed by atoms with Gasteiger partial charge in [-0.05, 0) is 101 Å². The molecule has 49 heavy (non-hydrogen) atoms. The first kappa shape index (κ1) is 38.6. The van der Waals surface area contributed by atoms with Gasteiger partial charge in [-0.25, -0.2) is 8.78 Å². The van der Waals surface area contributed by atoms with Crippen LogP contribution in [0.1, 0.15) is 94.9 Å². The van der Waals surface area contributed by atoms with Crippen molar-refractivity contribution >= 4 is 29.4 Å². The third-order valence-electron chi connectivity index (χ3n) is 10.5. The Kier molecular flexibility index (Phi) is 10.9. The zero-order valence-corrected chi connectivity index (χ0v) is 29.6. The molecular formula is C36H44ClF5N3O4-. The molecule has 2 fully saturated rings. The predicted octanol–water partition coefficient (Wildman–Crippen LogP) is 6.00. The number of amides is 2. The van der Waals surface area contributed by atoms with Crippen molar-refractivity contribution < 1.29 is 41.4 Å². The van der Waals surface area contributed by atoms with Gasteiger partial charge >= 0.3 is 6.18 Å². The molecule has 2 heterocycles. The van der Waals surface area contributed by atoms with Gasteiger partial charge in [-0.3, -0.25) is 14.5 Å². The number of nitrogens with zero attached hydrogens (tertiary/aromatic N) is 2. The molecule has 2 amide bonds. The number of carboxylic acids is 1. The zero-order chi connectivity index (χ0) is 36.9. The van der Waals surface area contributed by atoms with E-state index < -0.39 is 35.2 Å². The van der Waals surface area contributed by atoms with E-state index in [-0.39, 0.29) is 34.6 Å². The summed E-state index contributed by atoms with van der Waals surface area (Å²) < 4.78 is 60.3. The molecule has 1 spiro atoms. The normalized spacial score (nSPS) is 22.4. The summed E-state index contributed by atoms with van der Waals surface area (Å²) in [5.41, 5.74) is 3.16. The molecule has 7 nitrogen and oxygen atoms in total. The van der Waals surface area contributed by atoms with Crippen molar-refractivity contribution in [3.05, 3.63) is 69.2 Å². The van der Waals surface area contributed by atoms with Crippen LogP contribution in [0.2, 0.25) is 5.02 Å². The Morgan fingerprint density at radius 1 is 0.959 bits per heavy atom. The van der Waals surface area contributed by atoms with Crippen LogP contribution in [0.4, 0.5) is 22.0 Å². The van der Waals surface area contributed by atoms with Crippen LogP contribution in [0.5, 0.6) is 0 Å². The van der Waals surface area contributed by atoms with Crippen LogP contribution in [0, 0.1) is 24.5 Å². The van der Waals surface area contributed by atoms with E-state index in [4.69, 9.17) is 21.5 Å². The number of hydrogen-bond donors (Lipinski definition) is 1. The highest BCUT2D eigenvalue weighted by molar-refractivity contribution is 6.31. The average Bonchev–Trinajstić information content (AvgIpc) is 3.54. The number of piperidine rings is 1. The Labute approximate surface area is 289 Å². The van der Waals surface area contributed by atoms with Crippen molar-refractivity contribution in [2.24, 2.45) is 5.92 Å². The fraction of sp³-hybridized carbons (Fsp3) is 0.583. The molecule has 1 unspecified atom stereocenters. The van der Waals surface area contributed by atoms with Gasteiger partial charge in [-0.15, -0.1) is 0 Å². The third kappa shape index (κ3) is 8.22. The van der Waals surface area contributed by atoms with Crippen LogP contribution < -0.4 is 10.4 Å². The molecule has 1 N–H and O–H groups in total. The number of carbonyl (C=O) groups excluding carboxylic acids is 3. The van der Waals surface area contributed by atoms with Crippen LogP contribution >= 0.6 is 11.6 Å². The molecule has 2 aromatic carbocycles. The summed E-state index contributed by atoms with van der Waals surface area (Å²) in [5, 5.41) is 12.7. The fourth-order valence-electron chi connectivity index (χ4n) is 7.82. The lowest BCUT2D eigenvalue weighted by Gasteiger charge is -2.42. The van der Waals surface area contributed by atoms with E-state index in [0.717, 1.165) is 35.9 Å². The Hall–Kier alpha value is -3.25. The van der Waals surface area contributed by atoms with Crippen LogP contribution in [-0.2, 0) is 19.8 Å². The van der Waals surface area contributed by atoms with Crippen LogP contribution in [-0.4, -0.2) is 71.0 Å². The van der Waals surface area contributed by atoms with Crippen molar-refractivity contribution in [2.45, 2.75) is 102 Å². The number of hydrogen-bond acceptors (Lipinski definition) is 5. The largest absolute Gasteiger partial charge is 0.542 e. The van der Waals surface area contributed by atoms with Crippen LogP contribution in [0.25, 0.3) is 0 Å². The molecule has 3 atom stereocenters. The first-order valence-corrected chi connectivity index (χ1v) is 16.7. The van der Waals surface area contributed by atoms with Crippen LogP contribution in [0.15, 0.2) is 30.3 Å². The number of halogens is 6. The van der Waals surface area contributed by atoms with Gasteiger partial charge in [0.25, 0.3) is 0 Å². The smallest absolute Gasteiger partial charge is 0.430 e. The summed E-state index contributed by atoms with van der Waals surface area (Å²) in [6, 6.07) is 8.01. The Morgan fingerprint density at radius 2 is 1.55 bits per heavy atom. The van der Waals surface area contributed by atoms with Gasteiger partial charge in [0.1, 0.15) is 17.6 Å². The minimum absolute atomic E-state index is 0.0472. The summed E-state index contributed by atoms with van der Waals surface area (Å²) in [6.07, 6.45) is -2.70. The van der Waals surface area contributed by atoms with E-state index in [9.17, 15) is 31.5 Å². The second kappa shape index (κ2) is 13.8. The maximum absolute atomic E-state index is 15.0. The van der Waals surface area contributed by atoms with Gasteiger partial charge in [0.15, 0.2) is 0 Å². The molecule has 270 valence electrons. The first-order chi connectivity index (χ1) is 22.5. The van der Waals surface area contributed by atoms with Gasteiger partial charge < -0.3 is 20.1 Å². The van der Waals surface area contributed by atoms with E-state index in [1.807, 2.05) is 11.8 Å². The maximum atomic E-state index is 15.0. The highest BCUT2D eigenvalue weighted by Gasteiger charge is 2.52. The molecule has 2 saturated heterocycles. The molecule has 0 radical (unpaired) electrons. The lowest BCUT2D eigenvalue weighted by molar-refractivity contribution is -0.344. The van der Waals surface area contributed by atoms with Gasteiger partial charge in [0, 0.05) is 67.1 Å². The molecule has 0 saturated carbocycles. The molecule has 5 rings (SSSR count). The summed E-state index contributed by atoms with van der Waals surface area (Å²) >= 11 is 6.61. The summed E-state index contributed by atoms with van der Waals surface area (Å²) in [6.45, 7) is 16.3. The van der Waals surface area contributed by atoms with E-state index in [1.54, 1.807) is 6.92 Å². The molecule has 2 aliphatic heterocycles. The monoisotopic (exact) mass is 712 g/mol. The van der Waals surface area contributed by atoms with Gasteiger partial charge in [0.2, 0.25) is 11.8 Å². The van der Waals surface area contributed by atoms with E-state index >= 15 is 0 Å². The molecule has 13 heteroatoms. The number of aryl methyl sites for hydroxylation is 1. The minimum atomic E-state index is -5.19. The Bertz CT molecular complexity index is 1600. The lowest BCUT2D eigenvalue weighted by Crippen LogP contribution is -2.49. The summed E-state index contributed by atoms with van der Waals surface area (Å²) in [4.78, 5) is 39.2. The SMILES string of the molecule is CC(=O)NC(C)(C)[C@@H]1CC2(CCN(C(=O)C3CN(C(C)(C)C)C[C@H]3c3ccc(F)cc3F)CC2)c2cc(C)c(Cl)cc21.O=C([O-])C(F)(F)F. The van der Waals surface area contributed by atoms with Crippen molar-refractivity contribution in [2.75, 3.05) is 26.2 Å². The van der Waals surface area contributed by atoms with Gasteiger partial charge in [-0.2, -0.15) is 13.2 Å². The number of benzene rings is 2. The topological polar surface area (TPSA) is 92.8 Å². The molecular weight excluding hydrogens is 669 g/mol. The first-order valence-electron chi connectivity index (χ1n) is 16.3. The number of nitrogens with one attached hydrogen (secondary N) is 1. The van der Waals surface area contributed by atoms with E-state index in [2.05, 4.69) is 57.0 Å². The van der Waals surface area contributed by atoms with Crippen molar-refractivity contribution in [3.8, 4) is 0 Å².